The first-order valence-corrected chi connectivity index (χ1v) is 6.33. The van der Waals surface area contributed by atoms with Gasteiger partial charge in [0.2, 0.25) is 0 Å². The van der Waals surface area contributed by atoms with Crippen molar-refractivity contribution in [1.29, 1.82) is 0 Å². The fourth-order valence-corrected chi connectivity index (χ4v) is 2.01. The summed E-state index contributed by atoms with van der Waals surface area (Å²) < 4.78 is 38.5. The van der Waals surface area contributed by atoms with Crippen LogP contribution in [0, 0.1) is 0 Å². The first-order chi connectivity index (χ1) is 8.83. The third-order valence-corrected chi connectivity index (χ3v) is 3.25. The summed E-state index contributed by atoms with van der Waals surface area (Å²) in [4.78, 5) is 6.00. The smallest absolute Gasteiger partial charge is 0.373 e. The van der Waals surface area contributed by atoms with Gasteiger partial charge < -0.3 is 10.2 Å². The van der Waals surface area contributed by atoms with Crippen molar-refractivity contribution in [2.45, 2.75) is 38.9 Å². The molecule has 0 aliphatic heterocycles. The van der Waals surface area contributed by atoms with Gasteiger partial charge in [0.15, 0.2) is 0 Å². The van der Waals surface area contributed by atoms with Gasteiger partial charge >= 0.3 is 6.18 Å². The van der Waals surface area contributed by atoms with Crippen LogP contribution >= 0.6 is 0 Å². The minimum Gasteiger partial charge on any atom is -0.373 e. The van der Waals surface area contributed by atoms with E-state index in [1.807, 2.05) is 13.8 Å². The highest BCUT2D eigenvalue weighted by atomic mass is 19.4. The fraction of sp³-hybridized carbons (Fsp3) is 0.615. The Labute approximate surface area is 111 Å². The first kappa shape index (κ1) is 15.6. The maximum absolute atomic E-state index is 12.8. The fourth-order valence-electron chi connectivity index (χ4n) is 2.01. The monoisotopic (exact) mass is 275 g/mol. The minimum absolute atomic E-state index is 0.181. The molecule has 0 bridgehead atoms. The van der Waals surface area contributed by atoms with Crippen molar-refractivity contribution in [3.05, 3.63) is 17.7 Å². The van der Waals surface area contributed by atoms with Gasteiger partial charge in [0.25, 0.3) is 0 Å². The largest absolute Gasteiger partial charge is 0.416 e. The normalized spacial score (nSPS) is 11.8. The molecule has 1 aromatic rings. The molecular formula is C13H20F3N3. The maximum Gasteiger partial charge on any atom is 0.416 e. The lowest BCUT2D eigenvalue weighted by molar-refractivity contribution is -0.137. The van der Waals surface area contributed by atoms with Crippen molar-refractivity contribution in [3.63, 3.8) is 0 Å². The lowest BCUT2D eigenvalue weighted by Crippen LogP contribution is -2.31. The second-order valence-corrected chi connectivity index (χ2v) is 4.43. The van der Waals surface area contributed by atoms with Crippen LogP contribution in [0.2, 0.25) is 0 Å². The number of hydrogen-bond donors (Lipinski definition) is 1. The highest BCUT2D eigenvalue weighted by Crippen LogP contribution is 2.33. The number of nitrogens with zero attached hydrogens (tertiary/aromatic N) is 2. The third-order valence-electron chi connectivity index (χ3n) is 3.25. The van der Waals surface area contributed by atoms with Crippen molar-refractivity contribution in [1.82, 2.24) is 4.98 Å². The summed E-state index contributed by atoms with van der Waals surface area (Å²) >= 11 is 0. The topological polar surface area (TPSA) is 28.2 Å². The Morgan fingerprint density at radius 1 is 1.26 bits per heavy atom. The Morgan fingerprint density at radius 2 is 1.84 bits per heavy atom. The molecule has 0 aromatic carbocycles. The number of alkyl halides is 3. The molecule has 0 aliphatic rings. The Hall–Kier alpha value is -1.46. The number of hydrogen-bond acceptors (Lipinski definition) is 3. The van der Waals surface area contributed by atoms with Crippen molar-refractivity contribution >= 4 is 11.6 Å². The van der Waals surface area contributed by atoms with E-state index in [2.05, 4.69) is 10.3 Å². The molecule has 0 saturated heterocycles. The van der Waals surface area contributed by atoms with Crippen molar-refractivity contribution in [2.75, 3.05) is 24.3 Å². The Balaban J connectivity index is 3.20. The highest BCUT2D eigenvalue weighted by Gasteiger charge is 2.32. The average molecular weight is 275 g/mol. The van der Waals surface area contributed by atoms with Crippen LogP contribution in [-0.4, -0.2) is 25.1 Å². The molecule has 3 nitrogen and oxygen atoms in total. The van der Waals surface area contributed by atoms with Crippen LogP contribution in [0.4, 0.5) is 24.8 Å². The van der Waals surface area contributed by atoms with Crippen LogP contribution in [0.5, 0.6) is 0 Å². The standard InChI is InChI=1S/C13H20F3N3/c1-5-10(6-2)19(4)12-8-9(13(14,15)16)7-11(17-3)18-12/h7-8,10H,5-6H2,1-4H3,(H,17,18). The summed E-state index contributed by atoms with van der Waals surface area (Å²) in [6.45, 7) is 4.02. The summed E-state index contributed by atoms with van der Waals surface area (Å²) in [6.07, 6.45) is -2.64. The van der Waals surface area contributed by atoms with Gasteiger partial charge in [0.05, 0.1) is 5.56 Å². The molecule has 0 radical (unpaired) electrons. The zero-order chi connectivity index (χ0) is 14.6. The SMILES string of the molecule is CCC(CC)N(C)c1cc(C(F)(F)F)cc(NC)n1. The summed E-state index contributed by atoms with van der Waals surface area (Å²) in [5.74, 6) is 0.565. The molecule has 1 rings (SSSR count). The Bertz CT molecular complexity index is 414. The lowest BCUT2D eigenvalue weighted by Gasteiger charge is -2.28. The van der Waals surface area contributed by atoms with E-state index in [-0.39, 0.29) is 11.9 Å². The summed E-state index contributed by atoms with van der Waals surface area (Å²) in [7, 11) is 3.34. The summed E-state index contributed by atoms with van der Waals surface area (Å²) in [6, 6.07) is 2.30. The number of pyridine rings is 1. The van der Waals surface area contributed by atoms with E-state index in [0.29, 0.717) is 5.82 Å². The predicted octanol–water partition coefficient (Wildman–Crippen LogP) is 3.77. The number of aromatic nitrogens is 1. The molecule has 6 heteroatoms. The maximum atomic E-state index is 12.8. The van der Waals surface area contributed by atoms with Crippen molar-refractivity contribution < 1.29 is 13.2 Å². The van der Waals surface area contributed by atoms with Gasteiger partial charge in [0.1, 0.15) is 11.6 Å². The molecule has 0 spiro atoms. The van der Waals surface area contributed by atoms with Gasteiger partial charge in [-0.1, -0.05) is 13.8 Å². The van der Waals surface area contributed by atoms with Crippen molar-refractivity contribution in [2.24, 2.45) is 0 Å². The van der Waals surface area contributed by atoms with Gasteiger partial charge in [-0.05, 0) is 25.0 Å². The van der Waals surface area contributed by atoms with E-state index in [1.165, 1.54) is 0 Å². The predicted molar refractivity (Wildman–Crippen MR) is 71.6 cm³/mol. The molecule has 0 atom stereocenters. The van der Waals surface area contributed by atoms with Crippen LogP contribution in [0.25, 0.3) is 0 Å². The zero-order valence-corrected chi connectivity index (χ0v) is 11.7. The van der Waals surface area contributed by atoms with Gasteiger partial charge in [-0.15, -0.1) is 0 Å². The molecule has 0 amide bonds. The first-order valence-electron chi connectivity index (χ1n) is 6.33. The Morgan fingerprint density at radius 3 is 2.26 bits per heavy atom. The quantitative estimate of drug-likeness (QED) is 0.886. The van der Waals surface area contributed by atoms with E-state index >= 15 is 0 Å². The van der Waals surface area contributed by atoms with Crippen molar-refractivity contribution in [3.8, 4) is 0 Å². The second kappa shape index (κ2) is 6.12. The molecule has 1 N–H and O–H groups in total. The van der Waals surface area contributed by atoms with E-state index < -0.39 is 11.7 Å². The number of anilines is 2. The van der Waals surface area contributed by atoms with Gasteiger partial charge in [-0.3, -0.25) is 0 Å². The number of halogens is 3. The minimum atomic E-state index is -4.36. The highest BCUT2D eigenvalue weighted by molar-refractivity contribution is 5.51. The molecule has 0 saturated carbocycles. The Kier molecular flexibility index (Phi) is 5.03. The third kappa shape index (κ3) is 3.75. The average Bonchev–Trinajstić information content (AvgIpc) is 2.38. The van der Waals surface area contributed by atoms with E-state index in [1.54, 1.807) is 19.0 Å². The molecule has 0 fully saturated rings. The van der Waals surface area contributed by atoms with E-state index in [9.17, 15) is 13.2 Å². The van der Waals surface area contributed by atoms with Crippen LogP contribution < -0.4 is 10.2 Å². The number of nitrogens with one attached hydrogen (secondary N) is 1. The van der Waals surface area contributed by atoms with Crippen LogP contribution in [0.15, 0.2) is 12.1 Å². The second-order valence-electron chi connectivity index (χ2n) is 4.43. The molecule has 1 aromatic heterocycles. The van der Waals surface area contributed by atoms with E-state index in [4.69, 9.17) is 0 Å². The molecule has 1 heterocycles. The molecular weight excluding hydrogens is 255 g/mol. The van der Waals surface area contributed by atoms with Gasteiger partial charge in [-0.2, -0.15) is 13.2 Å². The van der Waals surface area contributed by atoms with E-state index in [0.717, 1.165) is 25.0 Å². The van der Waals surface area contributed by atoms with Crippen LogP contribution in [0.1, 0.15) is 32.3 Å². The van der Waals surface area contributed by atoms with Crippen LogP contribution in [-0.2, 0) is 6.18 Å². The number of rotatable bonds is 5. The van der Waals surface area contributed by atoms with Gasteiger partial charge in [-0.25, -0.2) is 4.98 Å². The van der Waals surface area contributed by atoms with Crippen LogP contribution in [0.3, 0.4) is 0 Å². The zero-order valence-electron chi connectivity index (χ0n) is 11.7. The molecule has 0 aliphatic carbocycles. The molecule has 19 heavy (non-hydrogen) atoms. The van der Waals surface area contributed by atoms with Gasteiger partial charge in [0, 0.05) is 20.1 Å². The molecule has 0 unspecified atom stereocenters. The lowest BCUT2D eigenvalue weighted by atomic mass is 10.1. The molecule has 108 valence electrons. The summed E-state index contributed by atoms with van der Waals surface area (Å²) in [5.41, 5.74) is -0.681. The summed E-state index contributed by atoms with van der Waals surface area (Å²) in [5, 5.41) is 2.67.